The molecule has 1 aliphatic rings. The van der Waals surface area contributed by atoms with Crippen molar-refractivity contribution in [3.8, 4) is 22.5 Å². The van der Waals surface area contributed by atoms with Gasteiger partial charge < -0.3 is 0 Å². The molecule has 0 bridgehead atoms. The van der Waals surface area contributed by atoms with Gasteiger partial charge in [0.2, 0.25) is 0 Å². The molecule has 0 unspecified atom stereocenters. The molecule has 2 nitrogen and oxygen atoms in total. The zero-order chi connectivity index (χ0) is 15.3. The maximum Gasteiger partial charge on any atom is 0.330 e. The lowest BCUT2D eigenvalue weighted by molar-refractivity contribution is -0.662. The fraction of sp³-hybridized carbons (Fsp3) is 0.200. The zero-order valence-corrected chi connectivity index (χ0v) is 13.2. The first kappa shape index (κ1) is 13.2. The SMILES string of the molecule is Cc1ccccc1-c1nc2c(c[n+]1C)-c1cccc(C)c1C2. The summed E-state index contributed by atoms with van der Waals surface area (Å²) in [6.45, 7) is 4.33. The van der Waals surface area contributed by atoms with Gasteiger partial charge in [-0.3, -0.25) is 0 Å². The van der Waals surface area contributed by atoms with Crippen LogP contribution in [0.2, 0.25) is 0 Å². The highest BCUT2D eigenvalue weighted by Crippen LogP contribution is 2.37. The van der Waals surface area contributed by atoms with Gasteiger partial charge in [-0.25, -0.2) is 4.57 Å². The minimum atomic E-state index is 0.942. The van der Waals surface area contributed by atoms with Crippen molar-refractivity contribution in [1.82, 2.24) is 4.98 Å². The molecule has 0 atom stereocenters. The third kappa shape index (κ3) is 1.87. The Morgan fingerprint density at radius 1 is 0.864 bits per heavy atom. The summed E-state index contributed by atoms with van der Waals surface area (Å²) in [7, 11) is 2.09. The van der Waals surface area contributed by atoms with Crippen LogP contribution >= 0.6 is 0 Å². The summed E-state index contributed by atoms with van der Waals surface area (Å²) in [5, 5.41) is 0. The van der Waals surface area contributed by atoms with Gasteiger partial charge >= 0.3 is 5.82 Å². The van der Waals surface area contributed by atoms with Crippen LogP contribution in [-0.2, 0) is 13.5 Å². The molecular formula is C20H19N2+. The van der Waals surface area contributed by atoms with E-state index in [-0.39, 0.29) is 0 Å². The first-order valence-corrected chi connectivity index (χ1v) is 7.69. The molecule has 0 radical (unpaired) electrons. The predicted molar refractivity (Wildman–Crippen MR) is 88.6 cm³/mol. The average Bonchev–Trinajstić information content (AvgIpc) is 2.87. The van der Waals surface area contributed by atoms with Crippen LogP contribution in [-0.4, -0.2) is 4.98 Å². The smallest absolute Gasteiger partial charge is 0.232 e. The van der Waals surface area contributed by atoms with Gasteiger partial charge in [0.1, 0.15) is 6.20 Å². The van der Waals surface area contributed by atoms with Gasteiger partial charge in [0.25, 0.3) is 0 Å². The molecule has 1 aliphatic carbocycles. The molecular weight excluding hydrogens is 268 g/mol. The number of fused-ring (bicyclic) bond motifs is 3. The Balaban J connectivity index is 1.92. The molecule has 0 saturated heterocycles. The summed E-state index contributed by atoms with van der Waals surface area (Å²) < 4.78 is 2.15. The van der Waals surface area contributed by atoms with Crippen LogP contribution in [0.3, 0.4) is 0 Å². The van der Waals surface area contributed by atoms with Crippen molar-refractivity contribution in [2.75, 3.05) is 0 Å². The van der Waals surface area contributed by atoms with E-state index in [4.69, 9.17) is 4.98 Å². The highest BCUT2D eigenvalue weighted by atomic mass is 15.0. The number of hydrogen-bond acceptors (Lipinski definition) is 1. The minimum Gasteiger partial charge on any atom is -0.232 e. The van der Waals surface area contributed by atoms with E-state index in [1.165, 1.54) is 39.1 Å². The van der Waals surface area contributed by atoms with Crippen molar-refractivity contribution < 1.29 is 4.57 Å². The van der Waals surface area contributed by atoms with E-state index >= 15 is 0 Å². The number of aromatic nitrogens is 2. The summed E-state index contributed by atoms with van der Waals surface area (Å²) in [5.74, 6) is 1.04. The van der Waals surface area contributed by atoms with Crippen LogP contribution in [0.15, 0.2) is 48.7 Å². The molecule has 1 heterocycles. The van der Waals surface area contributed by atoms with E-state index in [0.29, 0.717) is 0 Å². The number of nitrogens with zero attached hydrogens (tertiary/aromatic N) is 2. The summed E-state index contributed by atoms with van der Waals surface area (Å²) in [6, 6.07) is 15.0. The van der Waals surface area contributed by atoms with Crippen molar-refractivity contribution in [3.05, 3.63) is 71.0 Å². The summed E-state index contributed by atoms with van der Waals surface area (Å²) in [5.41, 5.74) is 9.06. The van der Waals surface area contributed by atoms with Crippen LogP contribution in [0.5, 0.6) is 0 Å². The van der Waals surface area contributed by atoms with Crippen LogP contribution in [0.4, 0.5) is 0 Å². The fourth-order valence-corrected chi connectivity index (χ4v) is 3.39. The minimum absolute atomic E-state index is 0.942. The maximum atomic E-state index is 5.00. The molecule has 2 aromatic carbocycles. The van der Waals surface area contributed by atoms with Crippen molar-refractivity contribution in [3.63, 3.8) is 0 Å². The molecule has 0 aliphatic heterocycles. The zero-order valence-electron chi connectivity index (χ0n) is 13.2. The van der Waals surface area contributed by atoms with Crippen molar-refractivity contribution >= 4 is 0 Å². The molecule has 108 valence electrons. The van der Waals surface area contributed by atoms with E-state index in [1.807, 2.05) is 0 Å². The van der Waals surface area contributed by atoms with Crippen LogP contribution in [0.25, 0.3) is 22.5 Å². The van der Waals surface area contributed by atoms with Gasteiger partial charge in [-0.15, -0.1) is 0 Å². The topological polar surface area (TPSA) is 16.8 Å². The second-order valence-electron chi connectivity index (χ2n) is 6.13. The first-order valence-electron chi connectivity index (χ1n) is 7.69. The number of aryl methyl sites for hydroxylation is 3. The first-order chi connectivity index (χ1) is 10.6. The molecule has 0 saturated carbocycles. The van der Waals surface area contributed by atoms with E-state index in [0.717, 1.165) is 12.2 Å². The fourth-order valence-electron chi connectivity index (χ4n) is 3.39. The largest absolute Gasteiger partial charge is 0.330 e. The lowest BCUT2D eigenvalue weighted by Gasteiger charge is -2.05. The summed E-state index contributed by atoms with van der Waals surface area (Å²) in [4.78, 5) is 5.00. The Labute approximate surface area is 131 Å². The molecule has 2 heteroatoms. The van der Waals surface area contributed by atoms with Crippen LogP contribution in [0.1, 0.15) is 22.4 Å². The number of rotatable bonds is 1. The van der Waals surface area contributed by atoms with E-state index in [2.05, 4.69) is 74.1 Å². The van der Waals surface area contributed by atoms with Gasteiger partial charge in [-0.1, -0.05) is 36.4 Å². The Morgan fingerprint density at radius 2 is 1.59 bits per heavy atom. The highest BCUT2D eigenvalue weighted by molar-refractivity contribution is 5.76. The monoisotopic (exact) mass is 287 g/mol. The van der Waals surface area contributed by atoms with E-state index < -0.39 is 0 Å². The third-order valence-corrected chi connectivity index (χ3v) is 4.64. The second-order valence-corrected chi connectivity index (χ2v) is 6.13. The van der Waals surface area contributed by atoms with Crippen molar-refractivity contribution in [2.45, 2.75) is 20.3 Å². The highest BCUT2D eigenvalue weighted by Gasteiger charge is 2.28. The average molecular weight is 287 g/mol. The van der Waals surface area contributed by atoms with Gasteiger partial charge in [-0.05, 0) is 47.2 Å². The molecule has 0 fully saturated rings. The second kappa shape index (κ2) is 4.77. The lowest BCUT2D eigenvalue weighted by Crippen LogP contribution is -2.32. The third-order valence-electron chi connectivity index (χ3n) is 4.64. The lowest BCUT2D eigenvalue weighted by atomic mass is 10.0. The number of hydrogen-bond donors (Lipinski definition) is 0. The molecule has 4 rings (SSSR count). The Kier molecular flexibility index (Phi) is 2.86. The molecule has 0 spiro atoms. The van der Waals surface area contributed by atoms with Gasteiger partial charge in [0.05, 0.1) is 18.2 Å². The molecule has 22 heavy (non-hydrogen) atoms. The Bertz CT molecular complexity index is 894. The molecule has 3 aromatic rings. The summed E-state index contributed by atoms with van der Waals surface area (Å²) in [6.07, 6.45) is 3.17. The molecule has 0 amide bonds. The Morgan fingerprint density at radius 3 is 2.41 bits per heavy atom. The quantitative estimate of drug-likeness (QED) is 0.487. The van der Waals surface area contributed by atoms with Crippen molar-refractivity contribution in [2.24, 2.45) is 7.05 Å². The van der Waals surface area contributed by atoms with Crippen molar-refractivity contribution in [1.29, 1.82) is 0 Å². The van der Waals surface area contributed by atoms with Gasteiger partial charge in [0, 0.05) is 6.42 Å². The standard InChI is InChI=1S/C20H19N2/c1-13-7-4-5-9-15(13)20-21-19-11-17-14(2)8-6-10-16(17)18(19)12-22(20)3/h4-10,12H,11H2,1-3H3/q+1. The van der Waals surface area contributed by atoms with Crippen LogP contribution < -0.4 is 4.57 Å². The predicted octanol–water partition coefficient (Wildman–Crippen LogP) is 3.76. The molecule has 0 N–H and O–H groups in total. The molecule has 1 aromatic heterocycles. The van der Waals surface area contributed by atoms with E-state index in [1.54, 1.807) is 0 Å². The van der Waals surface area contributed by atoms with Gasteiger partial charge in [0.15, 0.2) is 5.69 Å². The van der Waals surface area contributed by atoms with Crippen LogP contribution in [0, 0.1) is 13.8 Å². The number of benzene rings is 2. The summed E-state index contributed by atoms with van der Waals surface area (Å²) >= 11 is 0. The maximum absolute atomic E-state index is 5.00. The Hall–Kier alpha value is -2.48. The normalized spacial score (nSPS) is 12.1. The van der Waals surface area contributed by atoms with Gasteiger partial charge in [-0.2, -0.15) is 0 Å². The van der Waals surface area contributed by atoms with E-state index in [9.17, 15) is 0 Å².